The largest absolute Gasteiger partial charge is 0.497 e. The lowest BCUT2D eigenvalue weighted by Crippen LogP contribution is -2.36. The molecule has 7 heteroatoms. The van der Waals surface area contributed by atoms with Gasteiger partial charge in [-0.15, -0.1) is 0 Å². The number of nitrogens with one attached hydrogen (secondary N) is 2. The van der Waals surface area contributed by atoms with Crippen LogP contribution in [0.1, 0.15) is 12.0 Å². The quantitative estimate of drug-likeness (QED) is 0.726. The zero-order valence-corrected chi connectivity index (χ0v) is 16.9. The molecule has 1 unspecified atom stereocenters. The van der Waals surface area contributed by atoms with Crippen LogP contribution in [0.25, 0.3) is 6.08 Å². The van der Waals surface area contributed by atoms with Crippen LogP contribution in [0.4, 0.5) is 5.69 Å². The number of thiocarbonyl (C=S) groups is 1. The van der Waals surface area contributed by atoms with E-state index in [9.17, 15) is 4.79 Å². The number of rotatable bonds is 6. The molecule has 28 heavy (non-hydrogen) atoms. The number of carbonyl (C=O) groups excluding carboxylic acids is 1. The minimum Gasteiger partial charge on any atom is -0.497 e. The number of nitrogens with zero attached hydrogens (tertiary/aromatic N) is 1. The Bertz CT molecular complexity index is 1020. The van der Waals surface area contributed by atoms with E-state index in [1.807, 2.05) is 43.3 Å². The van der Waals surface area contributed by atoms with Gasteiger partial charge in [-0.25, -0.2) is 4.99 Å². The van der Waals surface area contributed by atoms with Gasteiger partial charge in [0.25, 0.3) is 5.91 Å². The van der Waals surface area contributed by atoms with Crippen LogP contribution in [0.2, 0.25) is 0 Å². The van der Waals surface area contributed by atoms with Crippen molar-refractivity contribution in [3.63, 3.8) is 0 Å². The number of anilines is 1. The molecule has 0 saturated carbocycles. The molecule has 1 aliphatic rings. The van der Waals surface area contributed by atoms with Gasteiger partial charge in [-0.05, 0) is 54.5 Å². The van der Waals surface area contributed by atoms with Crippen LogP contribution in [0, 0.1) is 12.8 Å². The Morgan fingerprint density at radius 2 is 2.00 bits per heavy atom. The Balaban J connectivity index is 1.57. The van der Waals surface area contributed by atoms with E-state index in [0.29, 0.717) is 29.6 Å². The van der Waals surface area contributed by atoms with E-state index in [-0.39, 0.29) is 11.8 Å². The maximum atomic E-state index is 12.3. The van der Waals surface area contributed by atoms with Crippen LogP contribution >= 0.6 is 12.2 Å². The lowest BCUT2D eigenvalue weighted by molar-refractivity contribution is -0.120. The molecular formula is C21H23N3O3S. The first-order chi connectivity index (χ1) is 13.5. The summed E-state index contributed by atoms with van der Waals surface area (Å²) < 4.78 is 10.5. The summed E-state index contributed by atoms with van der Waals surface area (Å²) in [6.07, 6.45) is 2.59. The summed E-state index contributed by atoms with van der Waals surface area (Å²) in [7, 11) is 3.19. The first-order valence-corrected chi connectivity index (χ1v) is 9.39. The monoisotopic (exact) mass is 397 g/mol. The van der Waals surface area contributed by atoms with Crippen LogP contribution in [0.5, 0.6) is 11.5 Å². The van der Waals surface area contributed by atoms with E-state index in [4.69, 9.17) is 21.7 Å². The van der Waals surface area contributed by atoms with E-state index in [1.165, 1.54) is 0 Å². The van der Waals surface area contributed by atoms with Gasteiger partial charge < -0.3 is 20.1 Å². The molecule has 1 heterocycles. The molecule has 1 amide bonds. The van der Waals surface area contributed by atoms with Gasteiger partial charge in [-0.3, -0.25) is 4.79 Å². The normalized spacial score (nSPS) is 15.0. The molecule has 0 radical (unpaired) electrons. The number of carbonyl (C=O) groups is 1. The van der Waals surface area contributed by atoms with Crippen LogP contribution < -0.4 is 30.7 Å². The number of fused-ring (bicyclic) bond motifs is 1. The molecule has 2 aromatic carbocycles. The summed E-state index contributed by atoms with van der Waals surface area (Å²) in [6.45, 7) is 2.54. The van der Waals surface area contributed by atoms with Crippen molar-refractivity contribution in [3.05, 3.63) is 52.5 Å². The molecule has 1 aliphatic heterocycles. The van der Waals surface area contributed by atoms with Gasteiger partial charge in [-0.1, -0.05) is 18.2 Å². The fourth-order valence-corrected chi connectivity index (χ4v) is 3.21. The zero-order valence-electron chi connectivity index (χ0n) is 16.1. The number of amides is 1. The van der Waals surface area contributed by atoms with Crippen LogP contribution in [0.15, 0.2) is 41.4 Å². The molecule has 0 aromatic heterocycles. The van der Waals surface area contributed by atoms with Crippen molar-refractivity contribution in [2.24, 2.45) is 10.9 Å². The fourth-order valence-electron chi connectivity index (χ4n) is 3.00. The molecule has 0 saturated heterocycles. The highest BCUT2D eigenvalue weighted by atomic mass is 32.1. The Morgan fingerprint density at radius 3 is 2.75 bits per heavy atom. The number of aryl methyl sites for hydroxylation is 1. The van der Waals surface area contributed by atoms with Gasteiger partial charge in [0.05, 0.1) is 31.2 Å². The van der Waals surface area contributed by atoms with Crippen molar-refractivity contribution in [2.45, 2.75) is 13.3 Å². The maximum absolute atomic E-state index is 12.3. The van der Waals surface area contributed by atoms with Gasteiger partial charge in [0.1, 0.15) is 11.5 Å². The summed E-state index contributed by atoms with van der Waals surface area (Å²) in [6, 6.07) is 11.4. The summed E-state index contributed by atoms with van der Waals surface area (Å²) in [5, 5.41) is 8.44. The van der Waals surface area contributed by atoms with Crippen molar-refractivity contribution < 1.29 is 14.3 Å². The highest BCUT2D eigenvalue weighted by molar-refractivity contribution is 7.80. The van der Waals surface area contributed by atoms with Crippen molar-refractivity contribution in [1.29, 1.82) is 0 Å². The van der Waals surface area contributed by atoms with Crippen LogP contribution in [0.3, 0.4) is 0 Å². The summed E-state index contributed by atoms with van der Waals surface area (Å²) >= 11 is 5.35. The van der Waals surface area contributed by atoms with Gasteiger partial charge >= 0.3 is 0 Å². The van der Waals surface area contributed by atoms with Gasteiger partial charge in [0.2, 0.25) is 0 Å². The molecule has 3 rings (SSSR count). The summed E-state index contributed by atoms with van der Waals surface area (Å²) in [4.78, 5) is 16.5. The van der Waals surface area contributed by atoms with Crippen molar-refractivity contribution in [2.75, 3.05) is 26.1 Å². The van der Waals surface area contributed by atoms with Gasteiger partial charge in [0, 0.05) is 12.6 Å². The lowest BCUT2D eigenvalue weighted by atomic mass is 10.00. The van der Waals surface area contributed by atoms with E-state index in [2.05, 4.69) is 15.6 Å². The van der Waals surface area contributed by atoms with E-state index >= 15 is 0 Å². The molecular weight excluding hydrogens is 374 g/mol. The van der Waals surface area contributed by atoms with Crippen molar-refractivity contribution >= 4 is 35.0 Å². The average molecular weight is 398 g/mol. The first-order valence-electron chi connectivity index (χ1n) is 8.98. The molecule has 0 aliphatic carbocycles. The molecule has 0 bridgehead atoms. The second-order valence-electron chi connectivity index (χ2n) is 6.52. The lowest BCUT2D eigenvalue weighted by Gasteiger charge is -2.16. The standard InChI is InChI=1S/C21H23N3O3S/c1-13-4-5-14-11-15(20(25)23-18(14)10-13)8-9-22-21(28)24-17-7-6-16(26-2)12-19(17)27-3/h4-7,10-12,15H,8-9H2,1-3H3,(H2,22,24,28). The predicted octanol–water partition coefficient (Wildman–Crippen LogP) is 1.95. The molecule has 2 aromatic rings. The SMILES string of the molecule is COc1ccc(NC(=S)NCCC2C=c3ccc(C)cc3=NC2=O)c(OC)c1. The highest BCUT2D eigenvalue weighted by Crippen LogP contribution is 2.28. The number of hydrogen-bond donors (Lipinski definition) is 2. The van der Waals surface area contributed by atoms with Crippen molar-refractivity contribution in [3.8, 4) is 11.5 Å². The highest BCUT2D eigenvalue weighted by Gasteiger charge is 2.18. The molecule has 1 atom stereocenters. The minimum atomic E-state index is -0.249. The van der Waals surface area contributed by atoms with Crippen LogP contribution in [-0.2, 0) is 4.79 Å². The number of ether oxygens (including phenoxy) is 2. The Labute approximate surface area is 169 Å². The van der Waals surface area contributed by atoms with E-state index < -0.39 is 0 Å². The van der Waals surface area contributed by atoms with Gasteiger partial charge in [-0.2, -0.15) is 0 Å². The zero-order chi connectivity index (χ0) is 20.1. The Hall–Kier alpha value is -2.93. The smallest absolute Gasteiger partial charge is 0.253 e. The summed E-state index contributed by atoms with van der Waals surface area (Å²) in [5.41, 5.74) is 1.83. The number of hydrogen-bond acceptors (Lipinski definition) is 4. The molecule has 146 valence electrons. The molecule has 0 fully saturated rings. The third-order valence-electron chi connectivity index (χ3n) is 4.51. The van der Waals surface area contributed by atoms with E-state index in [1.54, 1.807) is 20.3 Å². The Kier molecular flexibility index (Phi) is 6.26. The van der Waals surface area contributed by atoms with Crippen molar-refractivity contribution in [1.82, 2.24) is 5.32 Å². The van der Waals surface area contributed by atoms with Crippen LogP contribution in [-0.4, -0.2) is 31.8 Å². The average Bonchev–Trinajstić information content (AvgIpc) is 2.68. The third kappa shape index (κ3) is 4.67. The topological polar surface area (TPSA) is 72.0 Å². The fraction of sp³-hybridized carbons (Fsp3) is 0.286. The number of benzene rings is 2. The predicted molar refractivity (Wildman–Crippen MR) is 113 cm³/mol. The second-order valence-corrected chi connectivity index (χ2v) is 6.93. The first kappa shape index (κ1) is 19.8. The maximum Gasteiger partial charge on any atom is 0.253 e. The number of methoxy groups -OCH3 is 2. The third-order valence-corrected chi connectivity index (χ3v) is 4.76. The minimum absolute atomic E-state index is 0.115. The Morgan fingerprint density at radius 1 is 1.18 bits per heavy atom. The molecule has 0 spiro atoms. The van der Waals surface area contributed by atoms with E-state index in [0.717, 1.165) is 21.8 Å². The van der Waals surface area contributed by atoms with Gasteiger partial charge in [0.15, 0.2) is 5.11 Å². The molecule has 2 N–H and O–H groups in total. The molecule has 6 nitrogen and oxygen atoms in total. The second kappa shape index (κ2) is 8.84. The summed E-state index contributed by atoms with van der Waals surface area (Å²) in [5.74, 6) is 0.966.